The third-order valence-electron chi connectivity index (χ3n) is 2.48. The summed E-state index contributed by atoms with van der Waals surface area (Å²) in [6.45, 7) is 5.03. The molecule has 0 bridgehead atoms. The second-order valence-corrected chi connectivity index (χ2v) is 4.58. The summed E-state index contributed by atoms with van der Waals surface area (Å²) in [5, 5.41) is 6.50. The number of carbonyl (C=O) groups excluding carboxylic acids is 1. The van der Waals surface area contributed by atoms with Crippen LogP contribution in [0.4, 0.5) is 4.79 Å². The van der Waals surface area contributed by atoms with E-state index >= 15 is 0 Å². The normalized spacial score (nSPS) is 12.6. The number of hydrogen-bond donors (Lipinski definition) is 1. The second kappa shape index (κ2) is 6.34. The summed E-state index contributed by atoms with van der Waals surface area (Å²) in [5.74, 6) is 0.980. The quantitative estimate of drug-likeness (QED) is 0.835. The van der Waals surface area contributed by atoms with E-state index < -0.39 is 0 Å². The van der Waals surface area contributed by atoms with Crippen molar-refractivity contribution in [3.8, 4) is 0 Å². The van der Waals surface area contributed by atoms with E-state index in [1.807, 2.05) is 25.9 Å². The fourth-order valence-corrected chi connectivity index (χ4v) is 1.30. The fraction of sp³-hybridized carbons (Fsp3) is 0.727. The Morgan fingerprint density at radius 3 is 2.56 bits per heavy atom. The number of amides is 2. The van der Waals surface area contributed by atoms with Gasteiger partial charge in [0.05, 0.1) is 0 Å². The molecule has 0 spiro atoms. The van der Waals surface area contributed by atoms with Crippen molar-refractivity contribution in [3.05, 3.63) is 11.7 Å². The number of hydrogen-bond acceptors (Lipinski definition) is 5. The Morgan fingerprint density at radius 1 is 1.39 bits per heavy atom. The Bertz CT molecular complexity index is 391. The van der Waals surface area contributed by atoms with Gasteiger partial charge in [-0.15, -0.1) is 0 Å². The van der Waals surface area contributed by atoms with E-state index in [0.717, 1.165) is 6.54 Å². The van der Waals surface area contributed by atoms with Crippen molar-refractivity contribution in [1.82, 2.24) is 25.3 Å². The standard InChI is InChI=1S/C11H21N5O2/c1-8(10-13-9(2)14-18-10)12-11(17)16(5)7-6-15(3)4/h8H,6-7H2,1-5H3,(H,12,17)/t8-/m0/s1. The van der Waals surface area contributed by atoms with Crippen molar-refractivity contribution in [3.63, 3.8) is 0 Å². The lowest BCUT2D eigenvalue weighted by Gasteiger charge is -2.21. The minimum Gasteiger partial charge on any atom is -0.337 e. The first-order valence-corrected chi connectivity index (χ1v) is 5.86. The Morgan fingerprint density at radius 2 is 2.06 bits per heavy atom. The SMILES string of the molecule is Cc1noc([C@H](C)NC(=O)N(C)CCN(C)C)n1. The smallest absolute Gasteiger partial charge is 0.317 e. The first kappa shape index (κ1) is 14.4. The van der Waals surface area contributed by atoms with Gasteiger partial charge in [-0.3, -0.25) is 0 Å². The van der Waals surface area contributed by atoms with Crippen molar-refractivity contribution in [2.75, 3.05) is 34.2 Å². The Balaban J connectivity index is 2.44. The molecule has 1 aromatic rings. The summed E-state index contributed by atoms with van der Waals surface area (Å²) in [6.07, 6.45) is 0. The highest BCUT2D eigenvalue weighted by Gasteiger charge is 2.17. The van der Waals surface area contributed by atoms with Crippen LogP contribution in [0.25, 0.3) is 0 Å². The Hall–Kier alpha value is -1.63. The van der Waals surface area contributed by atoms with Crippen LogP contribution in [-0.2, 0) is 0 Å². The number of nitrogens with one attached hydrogen (secondary N) is 1. The summed E-state index contributed by atoms with van der Waals surface area (Å²) in [6, 6.07) is -0.444. The van der Waals surface area contributed by atoms with Crippen LogP contribution in [0, 0.1) is 6.92 Å². The van der Waals surface area contributed by atoms with Crippen LogP contribution in [0.5, 0.6) is 0 Å². The number of aryl methyl sites for hydroxylation is 1. The highest BCUT2D eigenvalue weighted by molar-refractivity contribution is 5.74. The molecule has 0 aliphatic heterocycles. The molecule has 0 saturated heterocycles. The van der Waals surface area contributed by atoms with Gasteiger partial charge in [0.25, 0.3) is 0 Å². The number of nitrogens with zero attached hydrogens (tertiary/aromatic N) is 4. The first-order chi connectivity index (χ1) is 8.40. The second-order valence-electron chi connectivity index (χ2n) is 4.58. The van der Waals surface area contributed by atoms with Gasteiger partial charge in [-0.1, -0.05) is 5.16 Å². The Labute approximate surface area is 107 Å². The highest BCUT2D eigenvalue weighted by Crippen LogP contribution is 2.09. The van der Waals surface area contributed by atoms with Crippen LogP contribution in [-0.4, -0.2) is 60.2 Å². The predicted octanol–water partition coefficient (Wildman–Crippen LogP) is 0.642. The molecule has 2 amide bonds. The number of carbonyl (C=O) groups is 1. The number of aromatic nitrogens is 2. The van der Waals surface area contributed by atoms with Crippen molar-refractivity contribution in [2.24, 2.45) is 0 Å². The van der Waals surface area contributed by atoms with E-state index in [4.69, 9.17) is 4.52 Å². The zero-order valence-corrected chi connectivity index (χ0v) is 11.6. The summed E-state index contributed by atoms with van der Waals surface area (Å²) in [7, 11) is 5.69. The van der Waals surface area contributed by atoms with Gasteiger partial charge in [-0.25, -0.2) is 4.79 Å². The first-order valence-electron chi connectivity index (χ1n) is 5.86. The average Bonchev–Trinajstić information content (AvgIpc) is 2.72. The minimum atomic E-state index is -0.291. The molecule has 0 saturated carbocycles. The topological polar surface area (TPSA) is 74.5 Å². The van der Waals surface area contributed by atoms with E-state index in [2.05, 4.69) is 15.5 Å². The van der Waals surface area contributed by atoms with Crippen LogP contribution in [0.1, 0.15) is 24.7 Å². The van der Waals surface area contributed by atoms with Gasteiger partial charge < -0.3 is 19.6 Å². The number of rotatable bonds is 5. The monoisotopic (exact) mass is 255 g/mol. The molecule has 1 rings (SSSR count). The van der Waals surface area contributed by atoms with E-state index in [1.165, 1.54) is 0 Å². The third kappa shape index (κ3) is 4.33. The molecule has 102 valence electrons. The molecule has 7 heteroatoms. The van der Waals surface area contributed by atoms with Crippen molar-refractivity contribution >= 4 is 6.03 Å². The lowest BCUT2D eigenvalue weighted by molar-refractivity contribution is 0.197. The molecule has 0 aliphatic carbocycles. The number of likely N-dealkylation sites (N-methyl/N-ethyl adjacent to an activating group) is 2. The van der Waals surface area contributed by atoms with Gasteiger partial charge in [0.1, 0.15) is 6.04 Å². The molecule has 0 unspecified atom stereocenters. The van der Waals surface area contributed by atoms with Crippen molar-refractivity contribution in [1.29, 1.82) is 0 Å². The molecule has 0 aromatic carbocycles. The molecular formula is C11H21N5O2. The molecule has 0 radical (unpaired) electrons. The summed E-state index contributed by atoms with van der Waals surface area (Å²) < 4.78 is 5.00. The summed E-state index contributed by atoms with van der Waals surface area (Å²) in [4.78, 5) is 19.6. The maximum Gasteiger partial charge on any atom is 0.317 e. The lowest BCUT2D eigenvalue weighted by atomic mass is 10.3. The zero-order valence-electron chi connectivity index (χ0n) is 11.6. The van der Waals surface area contributed by atoms with Crippen LogP contribution in [0.3, 0.4) is 0 Å². The van der Waals surface area contributed by atoms with Crippen molar-refractivity contribution < 1.29 is 9.32 Å². The molecule has 0 aliphatic rings. The lowest BCUT2D eigenvalue weighted by Crippen LogP contribution is -2.41. The van der Waals surface area contributed by atoms with Gasteiger partial charge in [0.2, 0.25) is 5.89 Å². The van der Waals surface area contributed by atoms with Crippen molar-refractivity contribution in [2.45, 2.75) is 19.9 Å². The van der Waals surface area contributed by atoms with Gasteiger partial charge in [-0.2, -0.15) is 4.98 Å². The molecule has 18 heavy (non-hydrogen) atoms. The van der Waals surface area contributed by atoms with E-state index in [0.29, 0.717) is 18.3 Å². The average molecular weight is 255 g/mol. The van der Waals surface area contributed by atoms with E-state index in [9.17, 15) is 4.79 Å². The number of urea groups is 1. The van der Waals surface area contributed by atoms with E-state index in [1.54, 1.807) is 18.9 Å². The van der Waals surface area contributed by atoms with Crippen LogP contribution in [0.15, 0.2) is 4.52 Å². The summed E-state index contributed by atoms with van der Waals surface area (Å²) in [5.41, 5.74) is 0. The summed E-state index contributed by atoms with van der Waals surface area (Å²) >= 11 is 0. The van der Waals surface area contributed by atoms with Gasteiger partial charge in [0.15, 0.2) is 5.82 Å². The molecule has 1 atom stereocenters. The molecule has 1 aromatic heterocycles. The zero-order chi connectivity index (χ0) is 13.7. The van der Waals surface area contributed by atoms with Gasteiger partial charge in [-0.05, 0) is 27.9 Å². The Kier molecular flexibility index (Phi) is 5.08. The van der Waals surface area contributed by atoms with Crippen LogP contribution in [0.2, 0.25) is 0 Å². The minimum absolute atomic E-state index is 0.153. The van der Waals surface area contributed by atoms with Crippen LogP contribution < -0.4 is 5.32 Å². The van der Waals surface area contributed by atoms with Crippen LogP contribution >= 0.6 is 0 Å². The molecule has 0 fully saturated rings. The molecule has 7 nitrogen and oxygen atoms in total. The highest BCUT2D eigenvalue weighted by atomic mass is 16.5. The fourth-order valence-electron chi connectivity index (χ4n) is 1.30. The maximum absolute atomic E-state index is 11.9. The van der Waals surface area contributed by atoms with Gasteiger partial charge >= 0.3 is 6.03 Å². The van der Waals surface area contributed by atoms with Gasteiger partial charge in [0, 0.05) is 20.1 Å². The molecule has 1 N–H and O–H groups in total. The predicted molar refractivity (Wildman–Crippen MR) is 67.2 cm³/mol. The van der Waals surface area contributed by atoms with E-state index in [-0.39, 0.29) is 12.1 Å². The molecular weight excluding hydrogens is 234 g/mol. The third-order valence-corrected chi connectivity index (χ3v) is 2.48. The maximum atomic E-state index is 11.9. The largest absolute Gasteiger partial charge is 0.337 e. The molecule has 1 heterocycles.